The first kappa shape index (κ1) is 20.3. The molecule has 0 aliphatic carbocycles. The lowest BCUT2D eigenvalue weighted by Gasteiger charge is -2.30. The molecule has 5 heteroatoms. The Hall–Kier alpha value is -2.40. The maximum Gasteiger partial charge on any atom is 0.258 e. The molecule has 0 N–H and O–H groups in total. The van der Waals surface area contributed by atoms with E-state index in [9.17, 15) is 13.2 Å². The normalized spacial score (nSPS) is 18.2. The second-order valence-electron chi connectivity index (χ2n) is 8.21. The van der Waals surface area contributed by atoms with Crippen LogP contribution in [0.15, 0.2) is 60.0 Å². The zero-order valence-electron chi connectivity index (χ0n) is 16.8. The highest BCUT2D eigenvalue weighted by Crippen LogP contribution is 2.29. The minimum Gasteiger partial charge on any atom is -0.300 e. The first-order chi connectivity index (χ1) is 13.1. The van der Waals surface area contributed by atoms with Crippen molar-refractivity contribution in [1.29, 1.82) is 0 Å². The van der Waals surface area contributed by atoms with E-state index in [1.165, 1.54) is 5.41 Å². The predicted octanol–water partition coefficient (Wildman–Crippen LogP) is 4.50. The molecule has 0 saturated carbocycles. The summed E-state index contributed by atoms with van der Waals surface area (Å²) < 4.78 is 24.0. The van der Waals surface area contributed by atoms with Crippen LogP contribution in [-0.4, -0.2) is 26.1 Å². The van der Waals surface area contributed by atoms with Gasteiger partial charge in [0.15, 0.2) is 9.84 Å². The van der Waals surface area contributed by atoms with Crippen LogP contribution in [0.4, 0.5) is 5.69 Å². The van der Waals surface area contributed by atoms with Gasteiger partial charge in [0.1, 0.15) is 0 Å². The van der Waals surface area contributed by atoms with Gasteiger partial charge >= 0.3 is 0 Å². The summed E-state index contributed by atoms with van der Waals surface area (Å²) in [6.45, 7) is 8.41. The fourth-order valence-electron chi connectivity index (χ4n) is 3.46. The molecule has 0 fully saturated rings. The summed E-state index contributed by atoms with van der Waals surface area (Å²) in [6, 6.07) is 14.8. The fraction of sp³-hybridized carbons (Fsp3) is 0.348. The Balaban J connectivity index is 2.04. The zero-order chi connectivity index (χ0) is 20.5. The molecule has 2 aromatic rings. The highest BCUT2D eigenvalue weighted by molar-refractivity contribution is 7.94. The topological polar surface area (TPSA) is 54.5 Å². The summed E-state index contributed by atoms with van der Waals surface area (Å²) in [7, 11) is -3.28. The quantitative estimate of drug-likeness (QED) is 0.763. The standard InChI is InChI=1S/C23H27NO3S/c1-5-17-8-6-7-9-21(17)24(20-14-15-28(26,27)16-20)22(25)18-10-12-19(13-11-18)23(2,3)4/h6-15,20H,5,16H2,1-4H3/t20-/m0/s1. The lowest BCUT2D eigenvalue weighted by atomic mass is 9.86. The number of para-hydroxylation sites is 1. The van der Waals surface area contributed by atoms with Gasteiger partial charge in [-0.3, -0.25) is 4.79 Å². The van der Waals surface area contributed by atoms with E-state index in [2.05, 4.69) is 20.8 Å². The van der Waals surface area contributed by atoms with E-state index in [0.717, 1.165) is 23.2 Å². The molecule has 1 heterocycles. The first-order valence-electron chi connectivity index (χ1n) is 9.55. The minimum atomic E-state index is -3.28. The lowest BCUT2D eigenvalue weighted by Crippen LogP contribution is -2.41. The molecule has 4 nitrogen and oxygen atoms in total. The van der Waals surface area contributed by atoms with E-state index in [1.807, 2.05) is 55.5 Å². The Labute approximate surface area is 167 Å². The average Bonchev–Trinajstić information content (AvgIpc) is 3.01. The molecular weight excluding hydrogens is 370 g/mol. The Morgan fingerprint density at radius 3 is 2.25 bits per heavy atom. The van der Waals surface area contributed by atoms with Gasteiger partial charge in [-0.1, -0.05) is 58.0 Å². The van der Waals surface area contributed by atoms with Crippen molar-refractivity contribution in [2.45, 2.75) is 45.6 Å². The molecule has 1 amide bonds. The Kier molecular flexibility index (Phi) is 5.48. The van der Waals surface area contributed by atoms with Gasteiger partial charge in [-0.2, -0.15) is 0 Å². The van der Waals surface area contributed by atoms with Crippen LogP contribution in [-0.2, 0) is 21.7 Å². The number of carbonyl (C=O) groups excluding carboxylic acids is 1. The van der Waals surface area contributed by atoms with Crippen molar-refractivity contribution in [1.82, 2.24) is 0 Å². The summed E-state index contributed by atoms with van der Waals surface area (Å²) in [5.74, 6) is -0.273. The molecule has 0 unspecified atom stereocenters. The number of carbonyl (C=O) groups is 1. The number of hydrogen-bond acceptors (Lipinski definition) is 3. The molecule has 28 heavy (non-hydrogen) atoms. The molecule has 0 saturated heterocycles. The monoisotopic (exact) mass is 397 g/mol. The third kappa shape index (κ3) is 4.20. The van der Waals surface area contributed by atoms with Crippen molar-refractivity contribution >= 4 is 21.4 Å². The highest BCUT2D eigenvalue weighted by atomic mass is 32.2. The molecule has 0 aromatic heterocycles. The smallest absolute Gasteiger partial charge is 0.258 e. The molecule has 3 rings (SSSR count). The molecular formula is C23H27NO3S. The van der Waals surface area contributed by atoms with Crippen molar-refractivity contribution in [2.24, 2.45) is 0 Å². The van der Waals surface area contributed by atoms with Gasteiger partial charge in [-0.05, 0) is 47.2 Å². The number of sulfone groups is 1. The van der Waals surface area contributed by atoms with E-state index in [-0.39, 0.29) is 17.1 Å². The van der Waals surface area contributed by atoms with Crippen molar-refractivity contribution < 1.29 is 13.2 Å². The average molecular weight is 398 g/mol. The van der Waals surface area contributed by atoms with Crippen LogP contribution in [0.1, 0.15) is 49.2 Å². The molecule has 0 spiro atoms. The predicted molar refractivity (Wildman–Crippen MR) is 114 cm³/mol. The number of nitrogens with zero attached hydrogens (tertiary/aromatic N) is 1. The second kappa shape index (κ2) is 7.55. The van der Waals surface area contributed by atoms with Crippen molar-refractivity contribution in [3.63, 3.8) is 0 Å². The number of aryl methyl sites for hydroxylation is 1. The zero-order valence-corrected chi connectivity index (χ0v) is 17.7. The third-order valence-corrected chi connectivity index (χ3v) is 6.47. The Bertz CT molecular complexity index is 999. The summed E-state index contributed by atoms with van der Waals surface area (Å²) in [4.78, 5) is 15.1. The summed E-state index contributed by atoms with van der Waals surface area (Å²) in [6.07, 6.45) is 2.37. The maximum absolute atomic E-state index is 13.5. The number of hydrogen-bond donors (Lipinski definition) is 0. The van der Waals surface area contributed by atoms with Crippen LogP contribution in [0.5, 0.6) is 0 Å². The van der Waals surface area contributed by atoms with Gasteiger partial charge in [-0.25, -0.2) is 8.42 Å². The maximum atomic E-state index is 13.5. The van der Waals surface area contributed by atoms with Crippen LogP contribution in [0.3, 0.4) is 0 Å². The van der Waals surface area contributed by atoms with E-state index < -0.39 is 15.9 Å². The molecule has 148 valence electrons. The SMILES string of the molecule is CCc1ccccc1N(C(=O)c1ccc(C(C)(C)C)cc1)[C@H]1C=CS(=O)(=O)C1. The van der Waals surface area contributed by atoms with E-state index in [4.69, 9.17) is 0 Å². The minimum absolute atomic E-state index is 0.00164. The van der Waals surface area contributed by atoms with Gasteiger partial charge in [-0.15, -0.1) is 0 Å². The van der Waals surface area contributed by atoms with E-state index in [1.54, 1.807) is 11.0 Å². The van der Waals surface area contributed by atoms with Crippen LogP contribution >= 0.6 is 0 Å². The van der Waals surface area contributed by atoms with Gasteiger partial charge in [0, 0.05) is 16.7 Å². The Morgan fingerprint density at radius 1 is 1.07 bits per heavy atom. The van der Waals surface area contributed by atoms with Crippen LogP contribution in [0.2, 0.25) is 0 Å². The number of anilines is 1. The van der Waals surface area contributed by atoms with Gasteiger partial charge in [0.2, 0.25) is 0 Å². The van der Waals surface area contributed by atoms with E-state index in [0.29, 0.717) is 5.56 Å². The van der Waals surface area contributed by atoms with Gasteiger partial charge < -0.3 is 4.90 Å². The number of amides is 1. The van der Waals surface area contributed by atoms with Crippen molar-refractivity contribution in [2.75, 3.05) is 10.7 Å². The highest BCUT2D eigenvalue weighted by Gasteiger charge is 2.33. The summed E-state index contributed by atoms with van der Waals surface area (Å²) in [5, 5.41) is 1.22. The van der Waals surface area contributed by atoms with Crippen molar-refractivity contribution in [3.8, 4) is 0 Å². The molecule has 1 atom stereocenters. The molecule has 1 aliphatic rings. The van der Waals surface area contributed by atoms with Gasteiger partial charge in [0.25, 0.3) is 5.91 Å². The number of benzene rings is 2. The van der Waals surface area contributed by atoms with E-state index >= 15 is 0 Å². The van der Waals surface area contributed by atoms with Gasteiger partial charge in [0.05, 0.1) is 11.8 Å². The fourth-order valence-corrected chi connectivity index (χ4v) is 4.72. The summed E-state index contributed by atoms with van der Waals surface area (Å²) in [5.41, 5.74) is 3.48. The summed E-state index contributed by atoms with van der Waals surface area (Å²) >= 11 is 0. The molecule has 0 bridgehead atoms. The van der Waals surface area contributed by atoms with Crippen LogP contribution in [0.25, 0.3) is 0 Å². The first-order valence-corrected chi connectivity index (χ1v) is 11.3. The van der Waals surface area contributed by atoms with Crippen LogP contribution in [0, 0.1) is 0 Å². The number of rotatable bonds is 4. The second-order valence-corrected chi connectivity index (χ2v) is 10.1. The third-order valence-electron chi connectivity index (χ3n) is 5.09. The molecule has 1 aliphatic heterocycles. The Morgan fingerprint density at radius 2 is 1.71 bits per heavy atom. The van der Waals surface area contributed by atoms with Crippen LogP contribution < -0.4 is 4.90 Å². The lowest BCUT2D eigenvalue weighted by molar-refractivity contribution is 0.0983. The molecule has 2 aromatic carbocycles. The molecule has 0 radical (unpaired) electrons. The largest absolute Gasteiger partial charge is 0.300 e. The van der Waals surface area contributed by atoms with Crippen molar-refractivity contribution in [3.05, 3.63) is 76.7 Å².